The van der Waals surface area contributed by atoms with Gasteiger partial charge in [-0.05, 0) is 23.8 Å². The van der Waals surface area contributed by atoms with Crippen LogP contribution in [0.2, 0.25) is 0 Å². The number of nitrogens with one attached hydrogen (secondary N) is 2. The highest BCUT2D eigenvalue weighted by Gasteiger charge is 2.12. The second-order valence-corrected chi connectivity index (χ2v) is 7.47. The van der Waals surface area contributed by atoms with E-state index in [1.54, 1.807) is 18.4 Å². The Kier molecular flexibility index (Phi) is 6.54. The van der Waals surface area contributed by atoms with Crippen molar-refractivity contribution in [1.82, 2.24) is 10.6 Å². The molecule has 0 radical (unpaired) electrons. The lowest BCUT2D eigenvalue weighted by atomic mass is 10.2. The summed E-state index contributed by atoms with van der Waals surface area (Å²) in [5.74, 6) is 0.723. The molecule has 1 aromatic carbocycles. The van der Waals surface area contributed by atoms with Crippen molar-refractivity contribution in [2.45, 2.75) is 18.3 Å². The third-order valence-corrected chi connectivity index (χ3v) is 5.61. The van der Waals surface area contributed by atoms with E-state index in [0.717, 1.165) is 17.4 Å². The lowest BCUT2D eigenvalue weighted by Crippen LogP contribution is -2.41. The summed E-state index contributed by atoms with van der Waals surface area (Å²) in [4.78, 5) is 5.15. The summed E-state index contributed by atoms with van der Waals surface area (Å²) in [6.07, 6.45) is 1.56. The highest BCUT2D eigenvalue weighted by atomic mass is 32.2. The number of aliphatic imine (C=N–C) groups is 1. The molecule has 1 aromatic heterocycles. The van der Waals surface area contributed by atoms with Gasteiger partial charge in [0.05, 0.1) is 0 Å². The van der Waals surface area contributed by atoms with Crippen LogP contribution >= 0.6 is 23.1 Å². The number of fused-ring (bicyclic) bond motifs is 1. The Balaban J connectivity index is 1.89. The maximum Gasteiger partial charge on any atom is 0.191 e. The fraction of sp³-hybridized carbons (Fsp3) is 0.438. The maximum absolute atomic E-state index is 10.4. The average molecular weight is 338 g/mol. The standard InChI is InChI=1S/C16H23N3OS2/c1-11(21-3)9-18-16(17-2)19-10-13(20)15-8-12-6-4-5-7-14(12)22-15/h4-8,11,13,20H,9-10H2,1-3H3,(H2,17,18,19). The monoisotopic (exact) mass is 337 g/mol. The number of aliphatic hydroxyl groups is 1. The minimum Gasteiger partial charge on any atom is -0.386 e. The number of hydrogen-bond donors (Lipinski definition) is 3. The summed E-state index contributed by atoms with van der Waals surface area (Å²) in [5, 5.41) is 18.5. The van der Waals surface area contributed by atoms with Crippen LogP contribution in [0.5, 0.6) is 0 Å². The number of aliphatic hydroxyl groups excluding tert-OH is 1. The van der Waals surface area contributed by atoms with Gasteiger partial charge in [0.15, 0.2) is 5.96 Å². The largest absolute Gasteiger partial charge is 0.386 e. The van der Waals surface area contributed by atoms with Crippen molar-refractivity contribution in [2.75, 3.05) is 26.4 Å². The van der Waals surface area contributed by atoms with Crippen molar-refractivity contribution in [2.24, 2.45) is 4.99 Å². The Hall–Kier alpha value is -1.24. The van der Waals surface area contributed by atoms with Crippen LogP contribution in [0.4, 0.5) is 0 Å². The molecule has 0 bridgehead atoms. The first-order valence-electron chi connectivity index (χ1n) is 7.28. The van der Waals surface area contributed by atoms with Gasteiger partial charge in [-0.2, -0.15) is 11.8 Å². The van der Waals surface area contributed by atoms with E-state index >= 15 is 0 Å². The van der Waals surface area contributed by atoms with E-state index in [0.29, 0.717) is 11.8 Å². The number of rotatable bonds is 6. The molecule has 0 aliphatic carbocycles. The molecule has 2 atom stereocenters. The molecule has 1 heterocycles. The van der Waals surface area contributed by atoms with Crippen molar-refractivity contribution in [3.05, 3.63) is 35.2 Å². The molecule has 0 aliphatic rings. The van der Waals surface area contributed by atoms with E-state index in [4.69, 9.17) is 0 Å². The van der Waals surface area contributed by atoms with Crippen molar-refractivity contribution in [1.29, 1.82) is 0 Å². The van der Waals surface area contributed by atoms with E-state index in [9.17, 15) is 5.11 Å². The minimum absolute atomic E-state index is 0.445. The Bertz CT molecular complexity index is 594. The number of benzene rings is 1. The van der Waals surface area contributed by atoms with E-state index in [1.165, 1.54) is 10.1 Å². The van der Waals surface area contributed by atoms with Gasteiger partial charge in [0, 0.05) is 35.0 Å². The summed E-state index contributed by atoms with van der Waals surface area (Å²) in [6, 6.07) is 10.2. The Labute approximate surface area is 140 Å². The maximum atomic E-state index is 10.4. The third-order valence-electron chi connectivity index (χ3n) is 3.42. The molecule has 6 heteroatoms. The van der Waals surface area contributed by atoms with Crippen molar-refractivity contribution >= 4 is 39.1 Å². The summed E-state index contributed by atoms with van der Waals surface area (Å²) in [5.41, 5.74) is 0. The van der Waals surface area contributed by atoms with Gasteiger partial charge in [0.25, 0.3) is 0 Å². The molecule has 0 spiro atoms. The van der Waals surface area contributed by atoms with E-state index < -0.39 is 6.10 Å². The van der Waals surface area contributed by atoms with Crippen LogP contribution in [0.15, 0.2) is 35.3 Å². The molecule has 0 amide bonds. The van der Waals surface area contributed by atoms with E-state index in [-0.39, 0.29) is 0 Å². The molecule has 2 rings (SSSR count). The van der Waals surface area contributed by atoms with Crippen LogP contribution in [-0.4, -0.2) is 42.7 Å². The first kappa shape index (κ1) is 17.1. The van der Waals surface area contributed by atoms with Gasteiger partial charge in [0.2, 0.25) is 0 Å². The molecule has 2 aromatic rings. The molecule has 0 aliphatic heterocycles. The van der Waals surface area contributed by atoms with Crippen LogP contribution in [0, 0.1) is 0 Å². The highest BCUT2D eigenvalue weighted by molar-refractivity contribution is 7.99. The smallest absolute Gasteiger partial charge is 0.191 e. The molecule has 3 N–H and O–H groups in total. The summed E-state index contributed by atoms with van der Waals surface area (Å²) >= 11 is 3.44. The van der Waals surface area contributed by atoms with Crippen LogP contribution in [0.1, 0.15) is 17.9 Å². The van der Waals surface area contributed by atoms with Gasteiger partial charge in [-0.25, -0.2) is 0 Å². The van der Waals surface area contributed by atoms with Crippen LogP contribution < -0.4 is 10.6 Å². The van der Waals surface area contributed by atoms with Gasteiger partial charge in [0.1, 0.15) is 6.10 Å². The summed E-state index contributed by atoms with van der Waals surface area (Å²) < 4.78 is 1.20. The highest BCUT2D eigenvalue weighted by Crippen LogP contribution is 2.29. The van der Waals surface area contributed by atoms with Crippen molar-refractivity contribution in [3.8, 4) is 0 Å². The van der Waals surface area contributed by atoms with Gasteiger partial charge >= 0.3 is 0 Å². The van der Waals surface area contributed by atoms with Gasteiger partial charge in [-0.15, -0.1) is 11.3 Å². The normalized spacial score (nSPS) is 14.8. The number of guanidine groups is 1. The molecule has 0 fully saturated rings. The Morgan fingerprint density at radius 3 is 2.73 bits per heavy atom. The fourth-order valence-corrected chi connectivity index (χ4v) is 3.31. The Morgan fingerprint density at radius 1 is 1.32 bits per heavy atom. The molecule has 0 saturated carbocycles. The predicted molar refractivity (Wildman–Crippen MR) is 99.1 cm³/mol. The third kappa shape index (κ3) is 4.63. The van der Waals surface area contributed by atoms with Crippen LogP contribution in [0.3, 0.4) is 0 Å². The van der Waals surface area contributed by atoms with Crippen molar-refractivity contribution in [3.63, 3.8) is 0 Å². The van der Waals surface area contributed by atoms with Gasteiger partial charge in [-0.3, -0.25) is 4.99 Å². The second-order valence-electron chi connectivity index (χ2n) is 5.08. The molecule has 0 saturated heterocycles. The topological polar surface area (TPSA) is 56.7 Å². The molecule has 2 unspecified atom stereocenters. The zero-order valence-corrected chi connectivity index (χ0v) is 14.8. The molecule has 22 heavy (non-hydrogen) atoms. The average Bonchev–Trinajstić information content (AvgIpc) is 2.98. The summed E-state index contributed by atoms with van der Waals surface area (Å²) in [6.45, 7) is 3.46. The first-order valence-corrected chi connectivity index (χ1v) is 9.38. The van der Waals surface area contributed by atoms with Crippen LogP contribution in [0.25, 0.3) is 10.1 Å². The number of thioether (sulfide) groups is 1. The van der Waals surface area contributed by atoms with E-state index in [1.807, 2.05) is 23.9 Å². The second kappa shape index (κ2) is 8.41. The fourth-order valence-electron chi connectivity index (χ4n) is 2.00. The Morgan fingerprint density at radius 2 is 2.05 bits per heavy atom. The number of hydrogen-bond acceptors (Lipinski definition) is 4. The quantitative estimate of drug-likeness (QED) is 0.560. The predicted octanol–water partition coefficient (Wildman–Crippen LogP) is 2.85. The molecular weight excluding hydrogens is 314 g/mol. The van der Waals surface area contributed by atoms with Gasteiger partial charge in [-0.1, -0.05) is 25.1 Å². The van der Waals surface area contributed by atoms with Gasteiger partial charge < -0.3 is 15.7 Å². The molecular formula is C16H23N3OS2. The van der Waals surface area contributed by atoms with Crippen molar-refractivity contribution < 1.29 is 5.11 Å². The zero-order valence-electron chi connectivity index (χ0n) is 13.2. The minimum atomic E-state index is -0.533. The number of thiophene rings is 1. The summed E-state index contributed by atoms with van der Waals surface area (Å²) in [7, 11) is 1.74. The molecule has 120 valence electrons. The number of nitrogens with zero attached hydrogens (tertiary/aromatic N) is 1. The first-order chi connectivity index (χ1) is 10.6. The SMILES string of the molecule is CN=C(NCC(C)SC)NCC(O)c1cc2ccccc2s1. The lowest BCUT2D eigenvalue weighted by molar-refractivity contribution is 0.184. The zero-order chi connectivity index (χ0) is 15.9. The lowest BCUT2D eigenvalue weighted by Gasteiger charge is -2.16. The van der Waals surface area contributed by atoms with E-state index in [2.05, 4.69) is 47.0 Å². The molecule has 4 nitrogen and oxygen atoms in total. The van der Waals surface area contributed by atoms with Crippen LogP contribution in [-0.2, 0) is 0 Å².